The summed E-state index contributed by atoms with van der Waals surface area (Å²) < 4.78 is 6.64. The van der Waals surface area contributed by atoms with Gasteiger partial charge in [-0.3, -0.25) is 4.79 Å². The lowest BCUT2D eigenvalue weighted by atomic mass is 10.1. The smallest absolute Gasteiger partial charge is 0.255 e. The van der Waals surface area contributed by atoms with Gasteiger partial charge in [0.1, 0.15) is 11.1 Å². The molecule has 21 heavy (non-hydrogen) atoms. The number of carbonyl (C=O) groups excluding carboxylic acids is 1. The van der Waals surface area contributed by atoms with Gasteiger partial charge in [-0.25, -0.2) is 4.98 Å². The molecule has 0 unspecified atom stereocenters. The van der Waals surface area contributed by atoms with Crippen LogP contribution in [-0.4, -0.2) is 35.0 Å². The first-order valence-electron chi connectivity index (χ1n) is 6.46. The summed E-state index contributed by atoms with van der Waals surface area (Å²) in [5.74, 6) is 0.456. The number of benzene rings is 1. The van der Waals surface area contributed by atoms with E-state index in [0.29, 0.717) is 24.0 Å². The molecule has 1 amide bonds. The van der Waals surface area contributed by atoms with E-state index in [0.717, 1.165) is 9.13 Å². The fourth-order valence-corrected chi connectivity index (χ4v) is 2.88. The minimum absolute atomic E-state index is 0.0342. The van der Waals surface area contributed by atoms with Crippen molar-refractivity contribution in [2.45, 2.75) is 6.10 Å². The Morgan fingerprint density at radius 2 is 2.05 bits per heavy atom. The summed E-state index contributed by atoms with van der Waals surface area (Å²) >= 11 is 8.17. The predicted molar refractivity (Wildman–Crippen MR) is 88.7 cm³/mol. The molecule has 1 saturated heterocycles. The van der Waals surface area contributed by atoms with Crippen LogP contribution in [0.1, 0.15) is 10.4 Å². The summed E-state index contributed by atoms with van der Waals surface area (Å²) in [6.45, 7) is 1.10. The lowest BCUT2D eigenvalue weighted by Gasteiger charge is -2.38. The maximum absolute atomic E-state index is 12.3. The number of hydrogen-bond donors (Lipinski definition) is 0. The molecule has 0 atom stereocenters. The minimum Gasteiger partial charge on any atom is -0.470 e. The molecule has 1 aliphatic heterocycles. The highest BCUT2D eigenvalue weighted by atomic mass is 127. The van der Waals surface area contributed by atoms with E-state index in [9.17, 15) is 4.79 Å². The van der Waals surface area contributed by atoms with Crippen molar-refractivity contribution in [2.24, 2.45) is 0 Å². The third-order valence-electron chi connectivity index (χ3n) is 3.24. The second kappa shape index (κ2) is 6.19. The fourth-order valence-electron chi connectivity index (χ4n) is 2.10. The molecule has 0 radical (unpaired) electrons. The monoisotopic (exact) mass is 414 g/mol. The summed E-state index contributed by atoms with van der Waals surface area (Å²) in [5.41, 5.74) is 0.729. The first-order chi connectivity index (χ1) is 10.1. The van der Waals surface area contributed by atoms with Crippen LogP contribution >= 0.6 is 34.2 Å². The molecule has 0 aliphatic carbocycles. The van der Waals surface area contributed by atoms with E-state index in [2.05, 4.69) is 27.6 Å². The van der Waals surface area contributed by atoms with E-state index in [1.54, 1.807) is 23.2 Å². The summed E-state index contributed by atoms with van der Waals surface area (Å²) in [4.78, 5) is 18.2. The molecule has 6 heteroatoms. The van der Waals surface area contributed by atoms with E-state index in [4.69, 9.17) is 16.3 Å². The number of likely N-dealkylation sites (tertiary alicyclic amines) is 1. The lowest BCUT2D eigenvalue weighted by Crippen LogP contribution is -2.56. The third-order valence-corrected chi connectivity index (χ3v) is 4.47. The Hall–Kier alpha value is -1.34. The van der Waals surface area contributed by atoms with Crippen LogP contribution in [0, 0.1) is 3.57 Å². The van der Waals surface area contributed by atoms with E-state index >= 15 is 0 Å². The zero-order valence-corrected chi connectivity index (χ0v) is 13.9. The Morgan fingerprint density at radius 1 is 1.29 bits per heavy atom. The Labute approximate surface area is 141 Å². The van der Waals surface area contributed by atoms with Gasteiger partial charge in [-0.1, -0.05) is 23.7 Å². The number of carbonyl (C=O) groups is 1. The molecule has 108 valence electrons. The molecule has 0 bridgehead atoms. The number of aromatic nitrogens is 1. The fraction of sp³-hybridized carbons (Fsp3) is 0.200. The van der Waals surface area contributed by atoms with Crippen LogP contribution < -0.4 is 4.74 Å². The average Bonchev–Trinajstić information content (AvgIpc) is 2.44. The molecule has 1 aliphatic rings. The summed E-state index contributed by atoms with van der Waals surface area (Å²) in [5, 5.41) is 0.486. The average molecular weight is 415 g/mol. The normalized spacial score (nSPS) is 14.7. The Bertz CT molecular complexity index is 674. The highest BCUT2D eigenvalue weighted by Crippen LogP contribution is 2.25. The minimum atomic E-state index is -0.0530. The van der Waals surface area contributed by atoms with Crippen LogP contribution in [-0.2, 0) is 0 Å². The van der Waals surface area contributed by atoms with Gasteiger partial charge >= 0.3 is 0 Å². The van der Waals surface area contributed by atoms with Crippen LogP contribution in [0.4, 0.5) is 0 Å². The van der Waals surface area contributed by atoms with Gasteiger partial charge in [0.2, 0.25) is 5.88 Å². The molecule has 2 heterocycles. The molecule has 1 aromatic carbocycles. The van der Waals surface area contributed by atoms with Crippen molar-refractivity contribution in [3.05, 3.63) is 56.8 Å². The molecule has 1 aromatic heterocycles. The van der Waals surface area contributed by atoms with Gasteiger partial charge < -0.3 is 9.64 Å². The van der Waals surface area contributed by atoms with Gasteiger partial charge in [0.15, 0.2) is 0 Å². The predicted octanol–water partition coefficient (Wildman–Crippen LogP) is 3.24. The Kier molecular flexibility index (Phi) is 4.30. The van der Waals surface area contributed by atoms with Crippen molar-refractivity contribution in [1.82, 2.24) is 9.88 Å². The Morgan fingerprint density at radius 3 is 2.76 bits per heavy atom. The van der Waals surface area contributed by atoms with Crippen LogP contribution in [0.5, 0.6) is 5.88 Å². The van der Waals surface area contributed by atoms with E-state index in [1.165, 1.54) is 0 Å². The molecule has 2 aromatic rings. The van der Waals surface area contributed by atoms with Crippen molar-refractivity contribution in [3.63, 3.8) is 0 Å². The molecular formula is C15H12ClIN2O2. The van der Waals surface area contributed by atoms with Gasteiger partial charge in [-0.15, -0.1) is 0 Å². The third kappa shape index (κ3) is 3.13. The highest BCUT2D eigenvalue weighted by molar-refractivity contribution is 14.1. The van der Waals surface area contributed by atoms with Crippen molar-refractivity contribution in [2.75, 3.05) is 13.1 Å². The van der Waals surface area contributed by atoms with Crippen molar-refractivity contribution < 1.29 is 9.53 Å². The molecule has 0 saturated carbocycles. The molecule has 0 N–H and O–H groups in total. The molecule has 0 spiro atoms. The molecule has 3 rings (SSSR count). The van der Waals surface area contributed by atoms with E-state index < -0.39 is 0 Å². The van der Waals surface area contributed by atoms with Crippen molar-refractivity contribution in [3.8, 4) is 5.88 Å². The van der Waals surface area contributed by atoms with Crippen LogP contribution in [0.3, 0.4) is 0 Å². The maximum atomic E-state index is 12.3. The zero-order chi connectivity index (χ0) is 14.8. The van der Waals surface area contributed by atoms with Crippen LogP contribution in [0.15, 0.2) is 42.6 Å². The number of amides is 1. The Balaban J connectivity index is 1.60. The van der Waals surface area contributed by atoms with Crippen LogP contribution in [0.2, 0.25) is 5.02 Å². The molecule has 1 fully saturated rings. The maximum Gasteiger partial charge on any atom is 0.255 e. The SMILES string of the molecule is O=C(c1ccccc1I)N1CC(Oc2ncccc2Cl)C1. The summed E-state index contributed by atoms with van der Waals surface area (Å²) in [6.07, 6.45) is 1.58. The standard InChI is InChI=1S/C15H12ClIN2O2/c16-12-5-3-7-18-14(12)21-10-8-19(9-10)15(20)11-4-1-2-6-13(11)17/h1-7,10H,8-9H2. The highest BCUT2D eigenvalue weighted by Gasteiger charge is 2.34. The van der Waals surface area contributed by atoms with Crippen molar-refractivity contribution >= 4 is 40.1 Å². The first-order valence-corrected chi connectivity index (χ1v) is 7.92. The van der Waals surface area contributed by atoms with Gasteiger partial charge in [0.05, 0.1) is 18.7 Å². The number of hydrogen-bond acceptors (Lipinski definition) is 3. The topological polar surface area (TPSA) is 42.4 Å². The summed E-state index contributed by atoms with van der Waals surface area (Å²) in [6, 6.07) is 11.0. The lowest BCUT2D eigenvalue weighted by molar-refractivity contribution is 0.0160. The second-order valence-corrected chi connectivity index (χ2v) is 6.29. The first kappa shape index (κ1) is 14.6. The molecule has 4 nitrogen and oxygen atoms in total. The van der Waals surface area contributed by atoms with E-state index in [-0.39, 0.29) is 12.0 Å². The van der Waals surface area contributed by atoms with Crippen LogP contribution in [0.25, 0.3) is 0 Å². The van der Waals surface area contributed by atoms with Gasteiger partial charge in [-0.2, -0.15) is 0 Å². The summed E-state index contributed by atoms with van der Waals surface area (Å²) in [7, 11) is 0. The zero-order valence-electron chi connectivity index (χ0n) is 11.0. The second-order valence-electron chi connectivity index (χ2n) is 4.72. The molecular weight excluding hydrogens is 403 g/mol. The number of ether oxygens (including phenoxy) is 1. The van der Waals surface area contributed by atoms with Crippen molar-refractivity contribution in [1.29, 1.82) is 0 Å². The quantitative estimate of drug-likeness (QED) is 0.724. The van der Waals surface area contributed by atoms with Gasteiger partial charge in [0.25, 0.3) is 5.91 Å². The van der Waals surface area contributed by atoms with E-state index in [1.807, 2.05) is 24.3 Å². The number of rotatable bonds is 3. The van der Waals surface area contributed by atoms with Gasteiger partial charge in [0, 0.05) is 9.77 Å². The largest absolute Gasteiger partial charge is 0.470 e. The number of halogens is 2. The van der Waals surface area contributed by atoms with Gasteiger partial charge in [-0.05, 0) is 46.9 Å². The number of pyridine rings is 1. The number of nitrogens with zero attached hydrogens (tertiary/aromatic N) is 2.